The number of amides is 1. The minimum Gasteiger partial charge on any atom is -0.494 e. The molecule has 1 N–H and O–H groups in total. The maximum atomic E-state index is 13.6. The van der Waals surface area contributed by atoms with Crippen LogP contribution in [0.1, 0.15) is 15.9 Å². The molecule has 1 amide bonds. The number of hydrogen-bond acceptors (Lipinski definition) is 4. The topological polar surface area (TPSA) is 64.6 Å². The molecule has 0 aromatic heterocycles. The van der Waals surface area contributed by atoms with Gasteiger partial charge in [-0.05, 0) is 48.9 Å². The molecule has 2 aromatic rings. The molecule has 0 bridgehead atoms. The highest BCUT2D eigenvalue weighted by Gasteiger charge is 2.13. The van der Waals surface area contributed by atoms with Crippen molar-refractivity contribution in [3.63, 3.8) is 0 Å². The fourth-order valence-corrected chi connectivity index (χ4v) is 2.19. The van der Waals surface area contributed by atoms with Crippen LogP contribution in [0.5, 0.6) is 5.75 Å². The molecule has 0 aliphatic heterocycles. The Bertz CT molecular complexity index is 779. The molecule has 5 nitrogen and oxygen atoms in total. The first kappa shape index (κ1) is 17.7. The summed E-state index contributed by atoms with van der Waals surface area (Å²) >= 11 is 5.84. The molecule has 0 fully saturated rings. The molecule has 2 aromatic carbocycles. The van der Waals surface area contributed by atoms with Gasteiger partial charge in [0.15, 0.2) is 18.2 Å². The van der Waals surface area contributed by atoms with Crippen molar-refractivity contribution in [3.8, 4) is 5.75 Å². The zero-order valence-corrected chi connectivity index (χ0v) is 13.8. The van der Waals surface area contributed by atoms with Crippen LogP contribution in [0.3, 0.4) is 0 Å². The van der Waals surface area contributed by atoms with E-state index in [1.165, 1.54) is 19.2 Å². The lowest BCUT2D eigenvalue weighted by atomic mass is 10.2. The van der Waals surface area contributed by atoms with Gasteiger partial charge >= 0.3 is 5.97 Å². The molecule has 0 heterocycles. The van der Waals surface area contributed by atoms with Gasteiger partial charge in [0.1, 0.15) is 0 Å². The third kappa shape index (κ3) is 4.45. The summed E-state index contributed by atoms with van der Waals surface area (Å²) in [5, 5.41) is 3.16. The summed E-state index contributed by atoms with van der Waals surface area (Å²) in [5.41, 5.74) is 1.33. The van der Waals surface area contributed by atoms with Gasteiger partial charge < -0.3 is 14.8 Å². The highest BCUT2D eigenvalue weighted by atomic mass is 35.5. The number of nitrogens with one attached hydrogen (secondary N) is 1. The van der Waals surface area contributed by atoms with Crippen LogP contribution >= 0.6 is 11.6 Å². The standard InChI is InChI=1S/C17H15ClFNO4/c1-10-7-12(18)4-5-14(10)20-16(21)9-24-17(22)11-3-6-15(23-2)13(19)8-11/h3-8H,9H2,1-2H3,(H,20,21). The van der Waals surface area contributed by atoms with Crippen molar-refractivity contribution < 1.29 is 23.5 Å². The van der Waals surface area contributed by atoms with E-state index in [-0.39, 0.29) is 11.3 Å². The van der Waals surface area contributed by atoms with E-state index >= 15 is 0 Å². The van der Waals surface area contributed by atoms with Gasteiger partial charge in [-0.15, -0.1) is 0 Å². The van der Waals surface area contributed by atoms with Crippen LogP contribution in [0.2, 0.25) is 5.02 Å². The van der Waals surface area contributed by atoms with Crippen molar-refractivity contribution in [1.82, 2.24) is 0 Å². The number of methoxy groups -OCH3 is 1. The lowest BCUT2D eigenvalue weighted by molar-refractivity contribution is -0.119. The minimum atomic E-state index is -0.806. The molecule has 0 unspecified atom stereocenters. The fraction of sp³-hybridized carbons (Fsp3) is 0.176. The Hall–Kier alpha value is -2.60. The Morgan fingerprint density at radius 1 is 1.21 bits per heavy atom. The average molecular weight is 352 g/mol. The lowest BCUT2D eigenvalue weighted by Crippen LogP contribution is -2.21. The Morgan fingerprint density at radius 2 is 1.96 bits per heavy atom. The average Bonchev–Trinajstić information content (AvgIpc) is 2.55. The van der Waals surface area contributed by atoms with Crippen LogP contribution in [0, 0.1) is 12.7 Å². The van der Waals surface area contributed by atoms with E-state index in [1.54, 1.807) is 25.1 Å². The summed E-state index contributed by atoms with van der Waals surface area (Å²) < 4.78 is 23.2. The molecule has 0 aliphatic carbocycles. The van der Waals surface area contributed by atoms with Gasteiger partial charge in [0.05, 0.1) is 12.7 Å². The van der Waals surface area contributed by atoms with Gasteiger partial charge in [-0.2, -0.15) is 0 Å². The second-order valence-electron chi connectivity index (χ2n) is 4.93. The number of halogens is 2. The number of rotatable bonds is 5. The van der Waals surface area contributed by atoms with Crippen LogP contribution in [0.4, 0.5) is 10.1 Å². The molecular formula is C17H15ClFNO4. The SMILES string of the molecule is COc1ccc(C(=O)OCC(=O)Nc2ccc(Cl)cc2C)cc1F. The third-order valence-electron chi connectivity index (χ3n) is 3.18. The number of carbonyl (C=O) groups is 2. The van der Waals surface area contributed by atoms with Crippen LogP contribution in [-0.4, -0.2) is 25.6 Å². The Kier molecular flexibility index (Phi) is 5.76. The van der Waals surface area contributed by atoms with E-state index in [0.29, 0.717) is 10.7 Å². The molecule has 0 radical (unpaired) electrons. The lowest BCUT2D eigenvalue weighted by Gasteiger charge is -2.09. The van der Waals surface area contributed by atoms with Gasteiger partial charge in [-0.25, -0.2) is 9.18 Å². The van der Waals surface area contributed by atoms with E-state index < -0.39 is 24.3 Å². The smallest absolute Gasteiger partial charge is 0.338 e. The second kappa shape index (κ2) is 7.79. The van der Waals surface area contributed by atoms with Gasteiger partial charge in [-0.1, -0.05) is 11.6 Å². The normalized spacial score (nSPS) is 10.2. The number of anilines is 1. The van der Waals surface area contributed by atoms with Crippen molar-refractivity contribution in [2.24, 2.45) is 0 Å². The molecule has 2 rings (SSSR count). The largest absolute Gasteiger partial charge is 0.494 e. The molecule has 0 spiro atoms. The number of aryl methyl sites for hydroxylation is 1. The second-order valence-corrected chi connectivity index (χ2v) is 5.37. The van der Waals surface area contributed by atoms with Crippen molar-refractivity contribution in [1.29, 1.82) is 0 Å². The van der Waals surface area contributed by atoms with Crippen molar-refractivity contribution >= 4 is 29.2 Å². The Labute approximate surface area is 143 Å². The fourth-order valence-electron chi connectivity index (χ4n) is 1.96. The van der Waals surface area contributed by atoms with Crippen LogP contribution in [-0.2, 0) is 9.53 Å². The molecule has 0 saturated heterocycles. The predicted octanol–water partition coefficient (Wildman–Crippen LogP) is 3.59. The van der Waals surface area contributed by atoms with E-state index in [1.807, 2.05) is 0 Å². The quantitative estimate of drug-likeness (QED) is 0.836. The monoisotopic (exact) mass is 351 g/mol. The number of carbonyl (C=O) groups excluding carboxylic acids is 2. The number of benzene rings is 2. The maximum Gasteiger partial charge on any atom is 0.338 e. The summed E-state index contributed by atoms with van der Waals surface area (Å²) in [7, 11) is 1.32. The van der Waals surface area contributed by atoms with Crippen LogP contribution < -0.4 is 10.1 Å². The molecule has 24 heavy (non-hydrogen) atoms. The molecule has 126 valence electrons. The number of esters is 1. The third-order valence-corrected chi connectivity index (χ3v) is 3.42. The van der Waals surface area contributed by atoms with Crippen molar-refractivity contribution in [3.05, 3.63) is 58.4 Å². The summed E-state index contributed by atoms with van der Waals surface area (Å²) in [6.45, 7) is 1.29. The first-order valence-electron chi connectivity index (χ1n) is 6.97. The van der Waals surface area contributed by atoms with Crippen molar-refractivity contribution in [2.75, 3.05) is 19.0 Å². The van der Waals surface area contributed by atoms with E-state index in [0.717, 1.165) is 11.6 Å². The summed E-state index contributed by atoms with van der Waals surface area (Å²) in [6.07, 6.45) is 0. The Balaban J connectivity index is 1.93. The van der Waals surface area contributed by atoms with E-state index in [2.05, 4.69) is 5.32 Å². The van der Waals surface area contributed by atoms with Crippen molar-refractivity contribution in [2.45, 2.75) is 6.92 Å². The first-order valence-corrected chi connectivity index (χ1v) is 7.35. The van der Waals surface area contributed by atoms with Gasteiger partial charge in [0.25, 0.3) is 5.91 Å². The highest BCUT2D eigenvalue weighted by Crippen LogP contribution is 2.20. The predicted molar refractivity (Wildman–Crippen MR) is 88.1 cm³/mol. The van der Waals surface area contributed by atoms with E-state index in [4.69, 9.17) is 21.1 Å². The van der Waals surface area contributed by atoms with E-state index in [9.17, 15) is 14.0 Å². The minimum absolute atomic E-state index is 0.0104. The molecule has 0 atom stereocenters. The highest BCUT2D eigenvalue weighted by molar-refractivity contribution is 6.30. The van der Waals surface area contributed by atoms with Gasteiger partial charge in [0, 0.05) is 10.7 Å². The summed E-state index contributed by atoms with van der Waals surface area (Å²) in [4.78, 5) is 23.7. The summed E-state index contributed by atoms with van der Waals surface area (Å²) in [6, 6.07) is 8.63. The Morgan fingerprint density at radius 3 is 2.58 bits per heavy atom. The maximum absolute atomic E-state index is 13.6. The summed E-state index contributed by atoms with van der Waals surface area (Å²) in [5.74, 6) is -1.99. The van der Waals surface area contributed by atoms with Gasteiger partial charge in [-0.3, -0.25) is 4.79 Å². The van der Waals surface area contributed by atoms with Crippen LogP contribution in [0.15, 0.2) is 36.4 Å². The molecular weight excluding hydrogens is 337 g/mol. The first-order chi connectivity index (χ1) is 11.4. The van der Waals surface area contributed by atoms with Crippen LogP contribution in [0.25, 0.3) is 0 Å². The molecule has 7 heteroatoms. The molecule has 0 aliphatic rings. The molecule has 0 saturated carbocycles. The zero-order chi connectivity index (χ0) is 17.7. The van der Waals surface area contributed by atoms with Gasteiger partial charge in [0.2, 0.25) is 0 Å². The number of ether oxygens (including phenoxy) is 2. The number of hydrogen-bond donors (Lipinski definition) is 1. The zero-order valence-electron chi connectivity index (χ0n) is 13.1.